The maximum absolute atomic E-state index is 13.5. The Bertz CT molecular complexity index is 1240. The standard InChI is InChI=1S/C22H17F3N4O2S/c1-14-9-20(29(28-14)19-8-3-2-7-18(19)22(23,24)25)27-21(30)15-5-4-6-17(10-15)31-11-16-12-32-13-26-16/h2-10,12-13H,11H2,1H3,(H,27,30). The first kappa shape index (κ1) is 21.6. The molecular formula is C22H17F3N4O2S. The van der Waals surface area contributed by atoms with E-state index < -0.39 is 17.6 Å². The Morgan fingerprint density at radius 3 is 2.72 bits per heavy atom. The molecule has 0 aliphatic rings. The van der Waals surface area contributed by atoms with Crippen LogP contribution in [0.5, 0.6) is 5.75 Å². The number of alkyl halides is 3. The monoisotopic (exact) mass is 458 g/mol. The molecule has 2 aromatic heterocycles. The highest BCUT2D eigenvalue weighted by Gasteiger charge is 2.34. The van der Waals surface area contributed by atoms with E-state index in [1.807, 2.05) is 5.38 Å². The number of nitrogens with one attached hydrogen (secondary N) is 1. The molecule has 2 aromatic carbocycles. The van der Waals surface area contributed by atoms with Gasteiger partial charge in [0.15, 0.2) is 0 Å². The number of halogens is 3. The predicted molar refractivity (Wildman–Crippen MR) is 114 cm³/mol. The third kappa shape index (κ3) is 4.80. The van der Waals surface area contributed by atoms with Crippen molar-refractivity contribution in [3.05, 3.63) is 88.0 Å². The molecule has 0 aliphatic heterocycles. The van der Waals surface area contributed by atoms with E-state index in [1.54, 1.807) is 36.7 Å². The molecule has 0 saturated heterocycles. The van der Waals surface area contributed by atoms with Crippen LogP contribution in [-0.4, -0.2) is 20.7 Å². The summed E-state index contributed by atoms with van der Waals surface area (Å²) in [7, 11) is 0. The van der Waals surface area contributed by atoms with Gasteiger partial charge in [-0.25, -0.2) is 9.67 Å². The lowest BCUT2D eigenvalue weighted by molar-refractivity contribution is -0.137. The summed E-state index contributed by atoms with van der Waals surface area (Å²) in [5.74, 6) is 0.0884. The summed E-state index contributed by atoms with van der Waals surface area (Å²) in [5.41, 5.74) is 2.19. The average Bonchev–Trinajstić information content (AvgIpc) is 3.41. The van der Waals surface area contributed by atoms with Crippen molar-refractivity contribution in [2.24, 2.45) is 0 Å². The van der Waals surface area contributed by atoms with E-state index >= 15 is 0 Å². The SMILES string of the molecule is Cc1cc(NC(=O)c2cccc(OCc3cscn3)c2)n(-c2ccccc2C(F)(F)F)n1. The summed E-state index contributed by atoms with van der Waals surface area (Å²) in [4.78, 5) is 17.0. The zero-order chi connectivity index (χ0) is 22.7. The smallest absolute Gasteiger partial charge is 0.418 e. The minimum atomic E-state index is -4.57. The number of hydrogen-bond donors (Lipinski definition) is 1. The van der Waals surface area contributed by atoms with Crippen LogP contribution >= 0.6 is 11.3 Å². The second-order valence-electron chi connectivity index (χ2n) is 6.85. The molecule has 10 heteroatoms. The van der Waals surface area contributed by atoms with Gasteiger partial charge >= 0.3 is 6.18 Å². The fourth-order valence-corrected chi connectivity index (χ4v) is 3.59. The van der Waals surface area contributed by atoms with E-state index in [0.29, 0.717) is 11.4 Å². The number of carbonyl (C=O) groups is 1. The maximum Gasteiger partial charge on any atom is 0.418 e. The average molecular weight is 458 g/mol. The number of aryl methyl sites for hydroxylation is 1. The molecule has 0 fully saturated rings. The van der Waals surface area contributed by atoms with Crippen molar-refractivity contribution < 1.29 is 22.7 Å². The van der Waals surface area contributed by atoms with Gasteiger partial charge in [-0.2, -0.15) is 18.3 Å². The first-order chi connectivity index (χ1) is 15.3. The van der Waals surface area contributed by atoms with Crippen molar-refractivity contribution in [1.29, 1.82) is 0 Å². The molecular weight excluding hydrogens is 441 g/mol. The first-order valence-corrected chi connectivity index (χ1v) is 10.4. The molecule has 0 bridgehead atoms. The van der Waals surface area contributed by atoms with E-state index in [-0.39, 0.29) is 23.7 Å². The van der Waals surface area contributed by atoms with Gasteiger partial charge < -0.3 is 10.1 Å². The second kappa shape index (κ2) is 8.83. The molecule has 6 nitrogen and oxygen atoms in total. The lowest BCUT2D eigenvalue weighted by atomic mass is 10.1. The number of nitrogens with zero attached hydrogens (tertiary/aromatic N) is 3. The summed E-state index contributed by atoms with van der Waals surface area (Å²) in [6.07, 6.45) is -4.57. The highest BCUT2D eigenvalue weighted by Crippen LogP contribution is 2.34. The molecule has 0 radical (unpaired) electrons. The molecule has 1 N–H and O–H groups in total. The number of carbonyl (C=O) groups excluding carboxylic acids is 1. The molecule has 4 aromatic rings. The summed E-state index contributed by atoms with van der Waals surface area (Å²) < 4.78 is 47.2. The lowest BCUT2D eigenvalue weighted by Gasteiger charge is -2.15. The number of rotatable bonds is 6. The van der Waals surface area contributed by atoms with Gasteiger partial charge in [0.2, 0.25) is 0 Å². The van der Waals surface area contributed by atoms with Crippen LogP contribution in [0.3, 0.4) is 0 Å². The summed E-state index contributed by atoms with van der Waals surface area (Å²) >= 11 is 1.45. The van der Waals surface area contributed by atoms with E-state index in [0.717, 1.165) is 16.4 Å². The van der Waals surface area contributed by atoms with Gasteiger partial charge in [-0.1, -0.05) is 18.2 Å². The fourth-order valence-electron chi connectivity index (χ4n) is 3.05. The number of benzene rings is 2. The molecule has 2 heterocycles. The summed E-state index contributed by atoms with van der Waals surface area (Å²) in [6.45, 7) is 1.89. The normalized spacial score (nSPS) is 11.4. The Balaban J connectivity index is 1.57. The van der Waals surface area contributed by atoms with Gasteiger partial charge in [0.25, 0.3) is 5.91 Å². The Hall–Kier alpha value is -3.66. The number of aromatic nitrogens is 3. The van der Waals surface area contributed by atoms with Crippen LogP contribution in [0.1, 0.15) is 27.3 Å². The van der Waals surface area contributed by atoms with Gasteiger partial charge in [-0.05, 0) is 37.3 Å². The first-order valence-electron chi connectivity index (χ1n) is 9.46. The van der Waals surface area contributed by atoms with Crippen LogP contribution < -0.4 is 10.1 Å². The Morgan fingerprint density at radius 2 is 1.97 bits per heavy atom. The third-order valence-electron chi connectivity index (χ3n) is 4.48. The molecule has 4 rings (SSSR count). The van der Waals surface area contributed by atoms with Gasteiger partial charge in [-0.3, -0.25) is 4.79 Å². The van der Waals surface area contributed by atoms with E-state index in [1.165, 1.54) is 35.6 Å². The Kier molecular flexibility index (Phi) is 5.95. The van der Waals surface area contributed by atoms with Crippen molar-refractivity contribution in [2.75, 3.05) is 5.32 Å². The van der Waals surface area contributed by atoms with Crippen molar-refractivity contribution in [1.82, 2.24) is 14.8 Å². The van der Waals surface area contributed by atoms with E-state index in [2.05, 4.69) is 15.4 Å². The minimum absolute atomic E-state index is 0.123. The lowest BCUT2D eigenvalue weighted by Crippen LogP contribution is -2.17. The van der Waals surface area contributed by atoms with Crippen molar-refractivity contribution >= 4 is 23.1 Å². The maximum atomic E-state index is 13.5. The van der Waals surface area contributed by atoms with Crippen molar-refractivity contribution in [2.45, 2.75) is 19.7 Å². The minimum Gasteiger partial charge on any atom is -0.487 e. The Labute approximate surface area is 185 Å². The van der Waals surface area contributed by atoms with Gasteiger partial charge in [-0.15, -0.1) is 11.3 Å². The number of thiazole rings is 1. The molecule has 0 aliphatic carbocycles. The highest BCUT2D eigenvalue weighted by molar-refractivity contribution is 7.07. The second-order valence-corrected chi connectivity index (χ2v) is 7.57. The molecule has 0 spiro atoms. The predicted octanol–water partition coefficient (Wildman–Crippen LogP) is 5.49. The Morgan fingerprint density at radius 1 is 1.16 bits per heavy atom. The zero-order valence-corrected chi connectivity index (χ0v) is 17.6. The molecule has 32 heavy (non-hydrogen) atoms. The number of hydrogen-bond acceptors (Lipinski definition) is 5. The molecule has 1 amide bonds. The van der Waals surface area contributed by atoms with Crippen LogP contribution in [0.25, 0.3) is 5.69 Å². The van der Waals surface area contributed by atoms with Gasteiger partial charge in [0.05, 0.1) is 28.1 Å². The molecule has 0 saturated carbocycles. The fraction of sp³-hybridized carbons (Fsp3) is 0.136. The van der Waals surface area contributed by atoms with E-state index in [9.17, 15) is 18.0 Å². The van der Waals surface area contributed by atoms with Crippen LogP contribution in [0.4, 0.5) is 19.0 Å². The van der Waals surface area contributed by atoms with Crippen LogP contribution in [0.15, 0.2) is 65.5 Å². The summed E-state index contributed by atoms with van der Waals surface area (Å²) in [6, 6.07) is 13.1. The number of para-hydroxylation sites is 1. The largest absolute Gasteiger partial charge is 0.487 e. The topological polar surface area (TPSA) is 69.0 Å². The van der Waals surface area contributed by atoms with Crippen LogP contribution in [-0.2, 0) is 12.8 Å². The zero-order valence-electron chi connectivity index (χ0n) is 16.8. The van der Waals surface area contributed by atoms with Crippen molar-refractivity contribution in [3.63, 3.8) is 0 Å². The summed E-state index contributed by atoms with van der Waals surface area (Å²) in [5, 5.41) is 8.66. The van der Waals surface area contributed by atoms with Gasteiger partial charge in [0, 0.05) is 17.0 Å². The highest BCUT2D eigenvalue weighted by atomic mass is 32.1. The molecule has 0 atom stereocenters. The quantitative estimate of drug-likeness (QED) is 0.415. The number of amides is 1. The van der Waals surface area contributed by atoms with Crippen LogP contribution in [0.2, 0.25) is 0 Å². The van der Waals surface area contributed by atoms with Crippen molar-refractivity contribution in [3.8, 4) is 11.4 Å². The number of ether oxygens (including phenoxy) is 1. The molecule has 0 unspecified atom stereocenters. The number of anilines is 1. The van der Waals surface area contributed by atoms with Crippen LogP contribution in [0, 0.1) is 6.92 Å². The third-order valence-corrected chi connectivity index (χ3v) is 5.11. The van der Waals surface area contributed by atoms with E-state index in [4.69, 9.17) is 4.74 Å². The van der Waals surface area contributed by atoms with Gasteiger partial charge in [0.1, 0.15) is 18.2 Å². The molecule has 164 valence electrons.